The molecule has 2 rings (SSSR count). The molecule has 1 aromatic rings. The minimum absolute atomic E-state index is 0.379. The SMILES string of the molecule is CC(C)(C)c1cnc(C(F)(F)F)cc1B1OC(C)(C)C(C)(C)O1. The van der Waals surface area contributed by atoms with Crippen LogP contribution in [0, 0.1) is 0 Å². The Morgan fingerprint density at radius 3 is 1.87 bits per heavy atom. The van der Waals surface area contributed by atoms with E-state index in [4.69, 9.17) is 9.31 Å². The van der Waals surface area contributed by atoms with Gasteiger partial charge in [-0.2, -0.15) is 13.2 Å². The molecule has 1 fully saturated rings. The molecule has 0 unspecified atom stereocenters. The summed E-state index contributed by atoms with van der Waals surface area (Å²) in [6.07, 6.45) is -3.22. The number of nitrogens with zero attached hydrogens (tertiary/aromatic N) is 1. The van der Waals surface area contributed by atoms with Gasteiger partial charge in [0.15, 0.2) is 0 Å². The van der Waals surface area contributed by atoms with Gasteiger partial charge in [-0.15, -0.1) is 0 Å². The first-order valence-electron chi connectivity index (χ1n) is 7.58. The quantitative estimate of drug-likeness (QED) is 0.736. The Morgan fingerprint density at radius 1 is 1.00 bits per heavy atom. The van der Waals surface area contributed by atoms with Crippen LogP contribution in [-0.4, -0.2) is 23.3 Å². The van der Waals surface area contributed by atoms with Crippen molar-refractivity contribution in [3.8, 4) is 0 Å². The van der Waals surface area contributed by atoms with Crippen LogP contribution in [0.2, 0.25) is 0 Å². The Bertz CT molecular complexity index is 590. The van der Waals surface area contributed by atoms with Gasteiger partial charge >= 0.3 is 13.3 Å². The van der Waals surface area contributed by atoms with E-state index in [1.165, 1.54) is 6.20 Å². The molecule has 2 heterocycles. The topological polar surface area (TPSA) is 31.4 Å². The van der Waals surface area contributed by atoms with Gasteiger partial charge in [0.05, 0.1) is 11.2 Å². The van der Waals surface area contributed by atoms with Crippen molar-refractivity contribution in [1.82, 2.24) is 4.98 Å². The Morgan fingerprint density at radius 2 is 1.48 bits per heavy atom. The summed E-state index contributed by atoms with van der Waals surface area (Å²) in [4.78, 5) is 3.59. The van der Waals surface area contributed by atoms with E-state index in [1.54, 1.807) is 0 Å². The van der Waals surface area contributed by atoms with Gasteiger partial charge in [-0.1, -0.05) is 20.8 Å². The van der Waals surface area contributed by atoms with Gasteiger partial charge in [0.1, 0.15) is 5.69 Å². The lowest BCUT2D eigenvalue weighted by molar-refractivity contribution is -0.141. The number of hydrogen-bond acceptors (Lipinski definition) is 3. The number of alkyl halides is 3. The molecule has 0 atom stereocenters. The normalized spacial score (nSPS) is 20.9. The molecule has 0 saturated carbocycles. The predicted molar refractivity (Wildman–Crippen MR) is 83.7 cm³/mol. The highest BCUT2D eigenvalue weighted by Gasteiger charge is 2.53. The van der Waals surface area contributed by atoms with Gasteiger partial charge in [0.25, 0.3) is 0 Å². The molecule has 1 aromatic heterocycles. The van der Waals surface area contributed by atoms with Gasteiger partial charge in [0.2, 0.25) is 0 Å². The number of halogens is 3. The lowest BCUT2D eigenvalue weighted by atomic mass is 9.70. The van der Waals surface area contributed by atoms with E-state index >= 15 is 0 Å². The average molecular weight is 329 g/mol. The van der Waals surface area contributed by atoms with Crippen molar-refractivity contribution in [2.45, 2.75) is 71.3 Å². The summed E-state index contributed by atoms with van der Waals surface area (Å²) in [5, 5.41) is 0. The number of aromatic nitrogens is 1. The lowest BCUT2D eigenvalue weighted by Crippen LogP contribution is -2.41. The molecular weight excluding hydrogens is 306 g/mol. The second-order valence-corrected chi connectivity index (χ2v) is 7.99. The molecule has 1 aliphatic rings. The van der Waals surface area contributed by atoms with E-state index in [2.05, 4.69) is 4.98 Å². The lowest BCUT2D eigenvalue weighted by Gasteiger charge is -2.32. The first kappa shape index (κ1) is 18.3. The van der Waals surface area contributed by atoms with Gasteiger partial charge in [-0.05, 0) is 50.2 Å². The maximum atomic E-state index is 13.0. The van der Waals surface area contributed by atoms with E-state index in [-0.39, 0.29) is 5.41 Å². The van der Waals surface area contributed by atoms with E-state index < -0.39 is 30.2 Å². The second-order valence-electron chi connectivity index (χ2n) is 7.99. The highest BCUT2D eigenvalue weighted by Crippen LogP contribution is 2.38. The van der Waals surface area contributed by atoms with Crippen molar-refractivity contribution in [3.05, 3.63) is 23.5 Å². The molecule has 3 nitrogen and oxygen atoms in total. The molecule has 1 aliphatic heterocycles. The maximum absolute atomic E-state index is 13.0. The van der Waals surface area contributed by atoms with E-state index in [0.29, 0.717) is 11.0 Å². The molecule has 0 N–H and O–H groups in total. The van der Waals surface area contributed by atoms with Gasteiger partial charge in [-0.3, -0.25) is 4.98 Å². The molecule has 0 amide bonds. The Hall–Kier alpha value is -1.08. The Balaban J connectivity index is 2.56. The fourth-order valence-corrected chi connectivity index (χ4v) is 2.42. The molecule has 0 aromatic carbocycles. The third-order valence-electron chi connectivity index (χ3n) is 4.54. The van der Waals surface area contributed by atoms with Crippen LogP contribution < -0.4 is 5.46 Å². The molecule has 0 radical (unpaired) electrons. The number of rotatable bonds is 1. The van der Waals surface area contributed by atoms with Gasteiger partial charge in [-0.25, -0.2) is 0 Å². The van der Waals surface area contributed by atoms with Crippen LogP contribution in [0.1, 0.15) is 59.7 Å². The molecular formula is C16H23BF3NO2. The summed E-state index contributed by atoms with van der Waals surface area (Å²) in [6, 6.07) is 1.04. The molecule has 7 heteroatoms. The zero-order valence-electron chi connectivity index (χ0n) is 14.6. The highest BCUT2D eigenvalue weighted by molar-refractivity contribution is 6.62. The summed E-state index contributed by atoms with van der Waals surface area (Å²) >= 11 is 0. The summed E-state index contributed by atoms with van der Waals surface area (Å²) in [6.45, 7) is 13.3. The third-order valence-corrected chi connectivity index (χ3v) is 4.54. The minimum atomic E-state index is -4.51. The minimum Gasteiger partial charge on any atom is -0.399 e. The summed E-state index contributed by atoms with van der Waals surface area (Å²) in [5.41, 5.74) is -1.48. The Labute approximate surface area is 135 Å². The van der Waals surface area contributed by atoms with Gasteiger partial charge in [0, 0.05) is 6.20 Å². The van der Waals surface area contributed by atoms with E-state index in [1.807, 2.05) is 48.5 Å². The molecule has 1 saturated heterocycles. The molecule has 0 bridgehead atoms. The van der Waals surface area contributed by atoms with Crippen LogP contribution in [0.5, 0.6) is 0 Å². The monoisotopic (exact) mass is 329 g/mol. The van der Waals surface area contributed by atoms with Crippen LogP contribution >= 0.6 is 0 Å². The molecule has 0 spiro atoms. The van der Waals surface area contributed by atoms with Crippen molar-refractivity contribution in [1.29, 1.82) is 0 Å². The number of pyridine rings is 1. The highest BCUT2D eigenvalue weighted by atomic mass is 19.4. The van der Waals surface area contributed by atoms with Crippen LogP contribution in [0.15, 0.2) is 12.3 Å². The van der Waals surface area contributed by atoms with Crippen LogP contribution in [0.25, 0.3) is 0 Å². The maximum Gasteiger partial charge on any atom is 0.495 e. The number of hydrogen-bond donors (Lipinski definition) is 0. The fourth-order valence-electron chi connectivity index (χ4n) is 2.42. The van der Waals surface area contributed by atoms with Crippen LogP contribution in [-0.2, 0) is 20.9 Å². The van der Waals surface area contributed by atoms with E-state index in [0.717, 1.165) is 6.07 Å². The fraction of sp³-hybridized carbons (Fsp3) is 0.688. The van der Waals surface area contributed by atoms with Crippen molar-refractivity contribution in [2.75, 3.05) is 0 Å². The van der Waals surface area contributed by atoms with E-state index in [9.17, 15) is 13.2 Å². The molecule has 23 heavy (non-hydrogen) atoms. The van der Waals surface area contributed by atoms with Crippen molar-refractivity contribution in [3.63, 3.8) is 0 Å². The summed E-state index contributed by atoms with van der Waals surface area (Å²) in [7, 11) is -0.849. The zero-order valence-corrected chi connectivity index (χ0v) is 14.6. The first-order valence-corrected chi connectivity index (χ1v) is 7.58. The first-order chi connectivity index (χ1) is 10.2. The van der Waals surface area contributed by atoms with Crippen molar-refractivity contribution in [2.24, 2.45) is 0 Å². The largest absolute Gasteiger partial charge is 0.495 e. The predicted octanol–water partition coefficient (Wildman–Crippen LogP) is 3.70. The van der Waals surface area contributed by atoms with Crippen molar-refractivity contribution < 1.29 is 22.5 Å². The van der Waals surface area contributed by atoms with Crippen LogP contribution in [0.4, 0.5) is 13.2 Å². The zero-order chi connectivity index (χ0) is 17.8. The summed E-state index contributed by atoms with van der Waals surface area (Å²) < 4.78 is 51.0. The second kappa shape index (κ2) is 5.21. The smallest absolute Gasteiger partial charge is 0.399 e. The van der Waals surface area contributed by atoms with Gasteiger partial charge < -0.3 is 9.31 Å². The molecule has 0 aliphatic carbocycles. The third kappa shape index (κ3) is 3.40. The standard InChI is InChI=1S/C16H23BF3NO2/c1-13(2,3)10-9-21-12(16(18,19)20)8-11(10)17-22-14(4,5)15(6,7)23-17/h8-9H,1-7H3. The van der Waals surface area contributed by atoms with Crippen LogP contribution in [0.3, 0.4) is 0 Å². The van der Waals surface area contributed by atoms with Crippen molar-refractivity contribution >= 4 is 12.6 Å². The Kier molecular flexibility index (Phi) is 4.14. The molecule has 128 valence electrons. The average Bonchev–Trinajstić information content (AvgIpc) is 2.55. The summed E-state index contributed by atoms with van der Waals surface area (Å²) in [5.74, 6) is 0.